The molecule has 0 bridgehead atoms. The van der Waals surface area contributed by atoms with Gasteiger partial charge in [-0.2, -0.15) is 4.31 Å². The van der Waals surface area contributed by atoms with Gasteiger partial charge in [0.2, 0.25) is 15.9 Å². The molecule has 1 aliphatic rings. The summed E-state index contributed by atoms with van der Waals surface area (Å²) in [7, 11) is -2.06. The van der Waals surface area contributed by atoms with Gasteiger partial charge < -0.3 is 9.88 Å². The number of rotatable bonds is 7. The molecule has 0 radical (unpaired) electrons. The third kappa shape index (κ3) is 4.77. The van der Waals surface area contributed by atoms with Crippen molar-refractivity contribution in [2.75, 3.05) is 25.5 Å². The Hall–Kier alpha value is -2.94. The van der Waals surface area contributed by atoms with Gasteiger partial charge >= 0.3 is 0 Å². The van der Waals surface area contributed by atoms with Gasteiger partial charge in [0, 0.05) is 50.3 Å². The van der Waals surface area contributed by atoms with E-state index in [0.29, 0.717) is 12.2 Å². The van der Waals surface area contributed by atoms with Gasteiger partial charge in [-0.1, -0.05) is 30.3 Å². The Balaban J connectivity index is 1.36. The van der Waals surface area contributed by atoms with Gasteiger partial charge in [-0.05, 0) is 48.9 Å². The van der Waals surface area contributed by atoms with E-state index in [1.54, 1.807) is 19.2 Å². The number of nitrogens with one attached hydrogen (secondary N) is 1. The lowest BCUT2D eigenvalue weighted by atomic mass is 10.1. The number of carbonyl (C=O) groups is 1. The molecule has 1 atom stereocenters. The van der Waals surface area contributed by atoms with E-state index in [1.165, 1.54) is 22.1 Å². The van der Waals surface area contributed by atoms with Crippen LogP contribution in [0.2, 0.25) is 0 Å². The van der Waals surface area contributed by atoms with Crippen LogP contribution >= 0.6 is 0 Å². The van der Waals surface area contributed by atoms with Crippen molar-refractivity contribution in [2.45, 2.75) is 31.0 Å². The molecule has 2 heterocycles. The highest BCUT2D eigenvalue weighted by Crippen LogP contribution is 2.25. The summed E-state index contributed by atoms with van der Waals surface area (Å²) in [5.74, 6) is -0.117. The maximum absolute atomic E-state index is 12.9. The van der Waals surface area contributed by atoms with Crippen LogP contribution in [0.1, 0.15) is 24.2 Å². The number of anilines is 1. The second-order valence-corrected chi connectivity index (χ2v) is 10.1. The zero-order valence-electron chi connectivity index (χ0n) is 18.3. The van der Waals surface area contributed by atoms with E-state index < -0.39 is 10.0 Å². The molecule has 0 saturated heterocycles. The third-order valence-corrected chi connectivity index (χ3v) is 7.73. The van der Waals surface area contributed by atoms with Crippen LogP contribution in [0, 0.1) is 0 Å². The number of nitrogens with zero attached hydrogens (tertiary/aromatic N) is 3. The van der Waals surface area contributed by atoms with Crippen LogP contribution in [-0.2, 0) is 27.9 Å². The maximum atomic E-state index is 12.9. The minimum Gasteiger partial charge on any atom is -0.349 e. The van der Waals surface area contributed by atoms with Gasteiger partial charge in [-0.3, -0.25) is 9.69 Å². The monoisotopic (exact) mass is 452 g/mol. The highest BCUT2D eigenvalue weighted by atomic mass is 32.2. The van der Waals surface area contributed by atoms with Crippen molar-refractivity contribution in [1.29, 1.82) is 0 Å². The lowest BCUT2D eigenvalue weighted by molar-refractivity contribution is -0.118. The molecule has 3 aromatic rings. The molecule has 32 heavy (non-hydrogen) atoms. The predicted molar refractivity (Wildman–Crippen MR) is 125 cm³/mol. The fourth-order valence-corrected chi connectivity index (χ4v) is 5.20. The molecule has 0 unspecified atom stereocenters. The van der Waals surface area contributed by atoms with Gasteiger partial charge in [0.15, 0.2) is 0 Å². The van der Waals surface area contributed by atoms with Crippen LogP contribution in [0.15, 0.2) is 77.8 Å². The number of benzene rings is 2. The maximum Gasteiger partial charge on any atom is 0.243 e. The molecular weight excluding hydrogens is 424 g/mol. The molecule has 1 N–H and O–H groups in total. The van der Waals surface area contributed by atoms with Crippen molar-refractivity contribution in [3.8, 4) is 0 Å². The highest BCUT2D eigenvalue weighted by molar-refractivity contribution is 7.89. The molecule has 0 spiro atoms. The van der Waals surface area contributed by atoms with Crippen LogP contribution in [0.3, 0.4) is 0 Å². The number of hydrogen-bond donors (Lipinski definition) is 1. The minimum absolute atomic E-state index is 0.117. The Morgan fingerprint density at radius 2 is 1.75 bits per heavy atom. The average Bonchev–Trinajstić information content (AvgIpc) is 3.26. The largest absolute Gasteiger partial charge is 0.349 e. The Kier molecular flexibility index (Phi) is 6.45. The zero-order chi connectivity index (χ0) is 22.7. The molecular formula is C24H28N4O3S. The summed E-state index contributed by atoms with van der Waals surface area (Å²) >= 11 is 0. The fraction of sp³-hybridized carbons (Fsp3) is 0.292. The Morgan fingerprint density at radius 3 is 2.47 bits per heavy atom. The van der Waals surface area contributed by atoms with E-state index in [0.717, 1.165) is 18.7 Å². The zero-order valence-corrected chi connectivity index (χ0v) is 19.1. The second kappa shape index (κ2) is 9.28. The molecule has 1 amide bonds. The molecule has 7 nitrogen and oxygen atoms in total. The van der Waals surface area contributed by atoms with Crippen molar-refractivity contribution in [1.82, 2.24) is 13.8 Å². The van der Waals surface area contributed by atoms with E-state index in [4.69, 9.17) is 0 Å². The molecule has 1 aliphatic heterocycles. The normalized spacial score (nSPS) is 16.7. The highest BCUT2D eigenvalue weighted by Gasteiger charge is 2.25. The van der Waals surface area contributed by atoms with Crippen LogP contribution in [0.5, 0.6) is 0 Å². The summed E-state index contributed by atoms with van der Waals surface area (Å²) in [6, 6.07) is 20.1. The van der Waals surface area contributed by atoms with E-state index in [1.807, 2.05) is 36.4 Å². The summed E-state index contributed by atoms with van der Waals surface area (Å²) in [6.45, 7) is 4.35. The molecule has 4 rings (SSSR count). The molecule has 1 aromatic heterocycles. The Labute approximate surface area is 189 Å². The number of amides is 1. The number of aromatic nitrogens is 1. The first-order valence-corrected chi connectivity index (χ1v) is 12.1. The van der Waals surface area contributed by atoms with E-state index in [9.17, 15) is 13.2 Å². The molecule has 0 saturated carbocycles. The predicted octanol–water partition coefficient (Wildman–Crippen LogP) is 3.32. The molecule has 0 aliphatic carbocycles. The summed E-state index contributed by atoms with van der Waals surface area (Å²) in [6.07, 6.45) is 2.07. The van der Waals surface area contributed by atoms with Crippen molar-refractivity contribution >= 4 is 21.6 Å². The van der Waals surface area contributed by atoms with Crippen molar-refractivity contribution < 1.29 is 13.2 Å². The van der Waals surface area contributed by atoms with Crippen molar-refractivity contribution in [3.63, 3.8) is 0 Å². The number of hydrogen-bond acceptors (Lipinski definition) is 4. The third-order valence-electron chi connectivity index (χ3n) is 5.91. The molecule has 168 valence electrons. The standard InChI is InChI=1S/C24H28N4O3S/c1-19-23-9-6-14-27(23)15-16-28(19)18-24(29)25-21-10-12-22(13-11-21)32(30,31)26(2)17-20-7-4-3-5-8-20/h3-14,19H,15-18H2,1-2H3,(H,25,29)/t19-/m1/s1. The first kappa shape index (κ1) is 22.3. The summed E-state index contributed by atoms with van der Waals surface area (Å²) in [5.41, 5.74) is 2.70. The van der Waals surface area contributed by atoms with Gasteiger partial charge in [0.1, 0.15) is 0 Å². The topological polar surface area (TPSA) is 74.6 Å². The number of fused-ring (bicyclic) bond motifs is 1. The fourth-order valence-electron chi connectivity index (χ4n) is 4.04. The van der Waals surface area contributed by atoms with E-state index >= 15 is 0 Å². The summed E-state index contributed by atoms with van der Waals surface area (Å²) in [4.78, 5) is 14.9. The van der Waals surface area contributed by atoms with Gasteiger partial charge in [0.25, 0.3) is 0 Å². The smallest absolute Gasteiger partial charge is 0.243 e. The second-order valence-electron chi connectivity index (χ2n) is 8.09. The van der Waals surface area contributed by atoms with Crippen molar-refractivity contribution in [3.05, 3.63) is 84.2 Å². The molecule has 2 aromatic carbocycles. The van der Waals surface area contributed by atoms with Crippen LogP contribution in [-0.4, -0.2) is 48.2 Å². The lowest BCUT2D eigenvalue weighted by Crippen LogP contribution is -2.41. The lowest BCUT2D eigenvalue weighted by Gasteiger charge is -2.34. The average molecular weight is 453 g/mol. The van der Waals surface area contributed by atoms with E-state index in [-0.39, 0.29) is 23.4 Å². The first-order valence-electron chi connectivity index (χ1n) is 10.6. The van der Waals surface area contributed by atoms with Crippen LogP contribution < -0.4 is 5.32 Å². The minimum atomic E-state index is -3.63. The molecule has 0 fully saturated rings. The van der Waals surface area contributed by atoms with Crippen LogP contribution in [0.4, 0.5) is 5.69 Å². The number of sulfonamides is 1. The van der Waals surface area contributed by atoms with Crippen LogP contribution in [0.25, 0.3) is 0 Å². The summed E-state index contributed by atoms with van der Waals surface area (Å²) in [5, 5.41) is 2.88. The molecule has 8 heteroatoms. The van der Waals surface area contributed by atoms with Crippen molar-refractivity contribution in [2.24, 2.45) is 0 Å². The Morgan fingerprint density at radius 1 is 1.03 bits per heavy atom. The first-order chi connectivity index (χ1) is 15.3. The quantitative estimate of drug-likeness (QED) is 0.597. The number of carbonyl (C=O) groups excluding carboxylic acids is 1. The SMILES string of the molecule is C[C@@H]1c2cccn2CCN1CC(=O)Nc1ccc(S(=O)(=O)N(C)Cc2ccccc2)cc1. The summed E-state index contributed by atoms with van der Waals surface area (Å²) < 4.78 is 29.3. The van der Waals surface area contributed by atoms with Gasteiger partial charge in [0.05, 0.1) is 11.4 Å². The Bertz CT molecular complexity index is 1170. The van der Waals surface area contributed by atoms with E-state index in [2.05, 4.69) is 34.0 Å². The van der Waals surface area contributed by atoms with Gasteiger partial charge in [-0.25, -0.2) is 8.42 Å². The van der Waals surface area contributed by atoms with Gasteiger partial charge in [-0.15, -0.1) is 0 Å².